The van der Waals surface area contributed by atoms with E-state index in [1.54, 1.807) is 12.1 Å². The van der Waals surface area contributed by atoms with Gasteiger partial charge < -0.3 is 4.90 Å². The normalized spacial score (nSPS) is 15.0. The first-order valence-corrected chi connectivity index (χ1v) is 12.2. The number of ketones is 1. The molecule has 0 radical (unpaired) electrons. The van der Waals surface area contributed by atoms with Gasteiger partial charge in [-0.15, -0.1) is 0 Å². The number of fused-ring (bicyclic) bond motifs is 3. The van der Waals surface area contributed by atoms with Crippen molar-refractivity contribution < 1.29 is 14.0 Å². The van der Waals surface area contributed by atoms with Crippen LogP contribution in [0.3, 0.4) is 0 Å². The average molecular weight is 523 g/mol. The number of rotatable bonds is 6. The summed E-state index contributed by atoms with van der Waals surface area (Å²) >= 11 is 12.8. The van der Waals surface area contributed by atoms with E-state index in [-0.39, 0.29) is 37.7 Å². The highest BCUT2D eigenvalue weighted by molar-refractivity contribution is 6.37. The predicted octanol–water partition coefficient (Wildman–Crippen LogP) is 5.61. The molecule has 1 amide bonds. The van der Waals surface area contributed by atoms with Gasteiger partial charge in [-0.2, -0.15) is 5.10 Å². The van der Waals surface area contributed by atoms with Gasteiger partial charge in [0.05, 0.1) is 17.9 Å². The SMILES string of the molecule is O=C(CCCN1N=C2CN=C(c3ccccc3Cl)c3cc(Cl)ccc3N2CC1=O)c1ccc(F)cc1. The lowest BCUT2D eigenvalue weighted by molar-refractivity contribution is -0.130. The van der Waals surface area contributed by atoms with Crippen LogP contribution in [0.2, 0.25) is 10.0 Å². The number of nitrogens with zero attached hydrogens (tertiary/aromatic N) is 4. The molecule has 3 aromatic carbocycles. The van der Waals surface area contributed by atoms with E-state index in [0.717, 1.165) is 16.8 Å². The summed E-state index contributed by atoms with van der Waals surface area (Å²) in [7, 11) is 0. The lowest BCUT2D eigenvalue weighted by atomic mass is 10.00. The molecular formula is C27H21Cl2FN4O2. The van der Waals surface area contributed by atoms with Crippen molar-refractivity contribution in [2.45, 2.75) is 12.8 Å². The van der Waals surface area contributed by atoms with Crippen molar-refractivity contribution in [3.8, 4) is 0 Å². The summed E-state index contributed by atoms with van der Waals surface area (Å²) in [5.41, 5.74) is 3.43. The van der Waals surface area contributed by atoms with Crippen molar-refractivity contribution in [2.75, 3.05) is 24.5 Å². The Morgan fingerprint density at radius 3 is 2.56 bits per heavy atom. The van der Waals surface area contributed by atoms with Crippen molar-refractivity contribution in [1.29, 1.82) is 0 Å². The lowest BCUT2D eigenvalue weighted by Crippen LogP contribution is -2.48. The standard InChI is InChI=1S/C27H21Cl2FN4O2/c28-18-9-12-23-21(14-18)27(20-4-1-2-5-22(20)29)31-15-25-32-34(26(36)16-33(23)25)13-3-6-24(35)17-7-10-19(30)11-8-17/h1-2,4-5,7-12,14H,3,6,13,15-16H2. The smallest absolute Gasteiger partial charge is 0.262 e. The topological polar surface area (TPSA) is 65.3 Å². The molecule has 2 aliphatic rings. The maximum atomic E-state index is 13.1. The number of Topliss-reactive ketones (excluding diaryl/α,β-unsaturated/α-hetero) is 1. The third-order valence-corrected chi connectivity index (χ3v) is 6.65. The number of hydrogen-bond acceptors (Lipinski definition) is 5. The summed E-state index contributed by atoms with van der Waals surface area (Å²) in [6, 6.07) is 18.3. The van der Waals surface area contributed by atoms with Crippen LogP contribution in [0.25, 0.3) is 0 Å². The molecule has 2 aliphatic heterocycles. The Bertz CT molecular complexity index is 1410. The van der Waals surface area contributed by atoms with Gasteiger partial charge in [-0.05, 0) is 55.0 Å². The molecule has 0 fully saturated rings. The van der Waals surface area contributed by atoms with E-state index in [9.17, 15) is 14.0 Å². The molecule has 6 nitrogen and oxygen atoms in total. The fourth-order valence-electron chi connectivity index (χ4n) is 4.29. The van der Waals surface area contributed by atoms with Crippen LogP contribution in [0.15, 0.2) is 76.8 Å². The molecule has 0 bridgehead atoms. The number of hydrazone groups is 1. The number of amidine groups is 1. The molecule has 0 saturated heterocycles. The highest BCUT2D eigenvalue weighted by Crippen LogP contribution is 2.32. The van der Waals surface area contributed by atoms with E-state index in [1.807, 2.05) is 35.2 Å². The molecule has 0 aromatic heterocycles. The Labute approximate surface area is 217 Å². The van der Waals surface area contributed by atoms with Crippen molar-refractivity contribution in [3.05, 3.63) is 99.3 Å². The van der Waals surface area contributed by atoms with Gasteiger partial charge in [0.1, 0.15) is 12.4 Å². The van der Waals surface area contributed by atoms with E-state index in [1.165, 1.54) is 29.3 Å². The first kappa shape index (κ1) is 24.2. The zero-order valence-corrected chi connectivity index (χ0v) is 20.6. The number of carbonyl (C=O) groups excluding carboxylic acids is 2. The number of halogens is 3. The quantitative estimate of drug-likeness (QED) is 0.395. The second-order valence-electron chi connectivity index (χ2n) is 8.46. The number of hydrogen-bond donors (Lipinski definition) is 0. The van der Waals surface area contributed by atoms with Crippen molar-refractivity contribution >= 4 is 52.1 Å². The van der Waals surface area contributed by atoms with E-state index < -0.39 is 5.82 Å². The Kier molecular flexibility index (Phi) is 6.85. The van der Waals surface area contributed by atoms with Gasteiger partial charge in [-0.3, -0.25) is 14.6 Å². The fourth-order valence-corrected chi connectivity index (χ4v) is 4.69. The molecule has 0 spiro atoms. The van der Waals surface area contributed by atoms with Crippen LogP contribution in [-0.2, 0) is 4.79 Å². The zero-order chi connectivity index (χ0) is 25.2. The molecule has 0 atom stereocenters. The second-order valence-corrected chi connectivity index (χ2v) is 9.30. The van der Waals surface area contributed by atoms with Gasteiger partial charge in [0.2, 0.25) is 0 Å². The summed E-state index contributed by atoms with van der Waals surface area (Å²) in [6.07, 6.45) is 0.652. The summed E-state index contributed by atoms with van der Waals surface area (Å²) < 4.78 is 13.1. The van der Waals surface area contributed by atoms with E-state index in [4.69, 9.17) is 28.2 Å². The van der Waals surface area contributed by atoms with E-state index in [0.29, 0.717) is 33.6 Å². The molecular weight excluding hydrogens is 502 g/mol. The zero-order valence-electron chi connectivity index (χ0n) is 19.1. The predicted molar refractivity (Wildman–Crippen MR) is 140 cm³/mol. The van der Waals surface area contributed by atoms with E-state index >= 15 is 0 Å². The van der Waals surface area contributed by atoms with Crippen LogP contribution in [-0.4, -0.2) is 47.9 Å². The summed E-state index contributed by atoms with van der Waals surface area (Å²) in [5, 5.41) is 7.10. The number of amides is 1. The van der Waals surface area contributed by atoms with Gasteiger partial charge >= 0.3 is 0 Å². The Hall–Kier alpha value is -3.55. The molecule has 182 valence electrons. The van der Waals surface area contributed by atoms with Crippen LogP contribution >= 0.6 is 23.2 Å². The maximum absolute atomic E-state index is 13.1. The summed E-state index contributed by atoms with van der Waals surface area (Å²) in [4.78, 5) is 32.1. The average Bonchev–Trinajstić information content (AvgIpc) is 3.01. The first-order chi connectivity index (χ1) is 17.4. The highest BCUT2D eigenvalue weighted by atomic mass is 35.5. The minimum atomic E-state index is -0.390. The van der Waals surface area contributed by atoms with Gasteiger partial charge in [-0.25, -0.2) is 9.40 Å². The number of benzene rings is 3. The van der Waals surface area contributed by atoms with Crippen molar-refractivity contribution in [1.82, 2.24) is 5.01 Å². The molecule has 0 N–H and O–H groups in total. The second kappa shape index (κ2) is 10.2. The van der Waals surface area contributed by atoms with Gasteiger partial charge in [0.25, 0.3) is 5.91 Å². The summed E-state index contributed by atoms with van der Waals surface area (Å²) in [6.45, 7) is 0.619. The van der Waals surface area contributed by atoms with Gasteiger partial charge in [0, 0.05) is 39.7 Å². The number of carbonyl (C=O) groups is 2. The molecule has 0 unspecified atom stereocenters. The molecule has 5 rings (SSSR count). The lowest BCUT2D eigenvalue weighted by Gasteiger charge is -2.33. The molecule has 9 heteroatoms. The first-order valence-electron chi connectivity index (χ1n) is 11.4. The third-order valence-electron chi connectivity index (χ3n) is 6.08. The fraction of sp³-hybridized carbons (Fsp3) is 0.185. The van der Waals surface area contributed by atoms with Crippen molar-refractivity contribution in [3.63, 3.8) is 0 Å². The van der Waals surface area contributed by atoms with Crippen LogP contribution in [0.5, 0.6) is 0 Å². The van der Waals surface area contributed by atoms with E-state index in [2.05, 4.69) is 5.10 Å². The number of anilines is 1. The van der Waals surface area contributed by atoms with Gasteiger partial charge in [-0.1, -0.05) is 41.4 Å². The molecule has 0 saturated carbocycles. The van der Waals surface area contributed by atoms with Crippen molar-refractivity contribution in [2.24, 2.45) is 10.1 Å². The van der Waals surface area contributed by atoms with Crippen LogP contribution in [0.4, 0.5) is 10.1 Å². The number of aliphatic imine (C=N–C) groups is 1. The minimum Gasteiger partial charge on any atom is -0.317 e. The van der Waals surface area contributed by atoms with Crippen LogP contribution in [0.1, 0.15) is 34.3 Å². The highest BCUT2D eigenvalue weighted by Gasteiger charge is 2.32. The third kappa shape index (κ3) is 4.90. The molecule has 0 aliphatic carbocycles. The summed E-state index contributed by atoms with van der Waals surface area (Å²) in [5.74, 6) is -0.0680. The largest absolute Gasteiger partial charge is 0.317 e. The van der Waals surface area contributed by atoms with Crippen LogP contribution in [0, 0.1) is 5.82 Å². The molecule has 36 heavy (non-hydrogen) atoms. The van der Waals surface area contributed by atoms with Gasteiger partial charge in [0.15, 0.2) is 11.6 Å². The Balaban J connectivity index is 1.39. The molecule has 3 aromatic rings. The maximum Gasteiger partial charge on any atom is 0.262 e. The minimum absolute atomic E-state index is 0.0880. The Morgan fingerprint density at radius 2 is 1.78 bits per heavy atom. The monoisotopic (exact) mass is 522 g/mol. The Morgan fingerprint density at radius 1 is 1.00 bits per heavy atom. The molecule has 2 heterocycles. The van der Waals surface area contributed by atoms with Crippen LogP contribution < -0.4 is 4.90 Å².